The number of ether oxygens (including phenoxy) is 1. The Labute approximate surface area is 126 Å². The van der Waals surface area contributed by atoms with E-state index in [0.717, 1.165) is 48.7 Å². The molecule has 0 unspecified atom stereocenters. The van der Waals surface area contributed by atoms with E-state index in [1.165, 1.54) is 25.7 Å². The normalized spacial score (nSPS) is 17.9. The first-order valence-electron chi connectivity index (χ1n) is 7.83. The monoisotopic (exact) mass is 291 g/mol. The van der Waals surface area contributed by atoms with Gasteiger partial charge >= 0.3 is 0 Å². The van der Waals surface area contributed by atoms with Gasteiger partial charge in [0.05, 0.1) is 6.61 Å². The van der Waals surface area contributed by atoms with Crippen molar-refractivity contribution < 1.29 is 4.74 Å². The van der Waals surface area contributed by atoms with E-state index >= 15 is 0 Å². The Kier molecular flexibility index (Phi) is 4.26. The lowest BCUT2D eigenvalue weighted by atomic mass is 10.2. The molecule has 6 heteroatoms. The Bertz CT molecular complexity index is 499. The van der Waals surface area contributed by atoms with E-state index in [-0.39, 0.29) is 0 Å². The topological polar surface area (TPSA) is 76.3 Å². The van der Waals surface area contributed by atoms with Crippen molar-refractivity contribution in [3.8, 4) is 0 Å². The maximum absolute atomic E-state index is 5.71. The third-order valence-electron chi connectivity index (χ3n) is 4.20. The second kappa shape index (κ2) is 6.15. The van der Waals surface area contributed by atoms with E-state index in [2.05, 4.69) is 15.3 Å². The highest BCUT2D eigenvalue weighted by atomic mass is 16.5. The van der Waals surface area contributed by atoms with Gasteiger partial charge in [-0.1, -0.05) is 0 Å². The van der Waals surface area contributed by atoms with Crippen LogP contribution in [0.25, 0.3) is 0 Å². The van der Waals surface area contributed by atoms with Crippen LogP contribution in [0.2, 0.25) is 0 Å². The number of aromatic nitrogens is 2. The van der Waals surface area contributed by atoms with Gasteiger partial charge in [0.1, 0.15) is 17.5 Å². The molecule has 0 spiro atoms. The molecular weight excluding hydrogens is 266 g/mol. The molecule has 0 aliphatic heterocycles. The summed E-state index contributed by atoms with van der Waals surface area (Å²) in [6.07, 6.45) is 5.02. The smallest absolute Gasteiger partial charge is 0.148 e. The van der Waals surface area contributed by atoms with E-state index in [4.69, 9.17) is 15.6 Å². The standard InChI is InChI=1S/C15H25N5O/c1-10-13(19-16)17-14(12-5-6-12)18-15(10)20(2)7-8-21-9-11-3-4-11/h11-12H,3-9,16H2,1-2H3,(H,17,18,19). The number of likely N-dealkylation sites (N-methyl/N-ethyl adjacent to an activating group) is 1. The van der Waals surface area contributed by atoms with Crippen molar-refractivity contribution in [2.75, 3.05) is 37.1 Å². The molecule has 0 radical (unpaired) electrons. The molecule has 21 heavy (non-hydrogen) atoms. The number of rotatable bonds is 8. The maximum Gasteiger partial charge on any atom is 0.148 e. The quantitative estimate of drug-likeness (QED) is 0.432. The molecule has 0 amide bonds. The number of nitrogens with zero attached hydrogens (tertiary/aromatic N) is 3. The molecule has 6 nitrogen and oxygen atoms in total. The highest BCUT2D eigenvalue weighted by molar-refractivity contribution is 5.58. The summed E-state index contributed by atoms with van der Waals surface area (Å²) in [7, 11) is 2.05. The molecule has 116 valence electrons. The number of nitrogens with two attached hydrogens (primary N) is 1. The van der Waals surface area contributed by atoms with Gasteiger partial charge < -0.3 is 15.1 Å². The van der Waals surface area contributed by atoms with Crippen LogP contribution in [-0.2, 0) is 4.74 Å². The van der Waals surface area contributed by atoms with Crippen LogP contribution < -0.4 is 16.2 Å². The van der Waals surface area contributed by atoms with E-state index in [9.17, 15) is 0 Å². The lowest BCUT2D eigenvalue weighted by Gasteiger charge is -2.22. The molecule has 1 aromatic rings. The van der Waals surface area contributed by atoms with Crippen LogP contribution in [0.5, 0.6) is 0 Å². The molecule has 0 saturated heterocycles. The van der Waals surface area contributed by atoms with Crippen LogP contribution in [0.4, 0.5) is 11.6 Å². The SMILES string of the molecule is Cc1c(NN)nc(C2CC2)nc1N(C)CCOCC1CC1. The number of hydrogen-bond donors (Lipinski definition) is 2. The molecular formula is C15H25N5O. The van der Waals surface area contributed by atoms with Crippen LogP contribution in [0.15, 0.2) is 0 Å². The van der Waals surface area contributed by atoms with Crippen molar-refractivity contribution >= 4 is 11.6 Å². The van der Waals surface area contributed by atoms with Crippen molar-refractivity contribution in [3.63, 3.8) is 0 Å². The Morgan fingerprint density at radius 2 is 2.05 bits per heavy atom. The zero-order valence-electron chi connectivity index (χ0n) is 12.9. The van der Waals surface area contributed by atoms with Gasteiger partial charge in [-0.25, -0.2) is 15.8 Å². The first kappa shape index (κ1) is 14.5. The fourth-order valence-corrected chi connectivity index (χ4v) is 2.40. The molecule has 0 bridgehead atoms. The van der Waals surface area contributed by atoms with Gasteiger partial charge in [0.2, 0.25) is 0 Å². The fraction of sp³-hybridized carbons (Fsp3) is 0.733. The average Bonchev–Trinajstić information content (AvgIpc) is 3.37. The molecule has 0 atom stereocenters. The molecule has 2 fully saturated rings. The fourth-order valence-electron chi connectivity index (χ4n) is 2.40. The summed E-state index contributed by atoms with van der Waals surface area (Å²) in [5.74, 6) is 9.50. The molecule has 1 aromatic heterocycles. The lowest BCUT2D eigenvalue weighted by Crippen LogP contribution is -2.26. The first-order chi connectivity index (χ1) is 10.2. The predicted octanol–water partition coefficient (Wildman–Crippen LogP) is 1.81. The van der Waals surface area contributed by atoms with Crippen LogP contribution in [-0.4, -0.2) is 36.8 Å². The predicted molar refractivity (Wildman–Crippen MR) is 83.4 cm³/mol. The Hall–Kier alpha value is -1.40. The first-order valence-corrected chi connectivity index (χ1v) is 7.83. The van der Waals surface area contributed by atoms with Crippen molar-refractivity contribution in [3.05, 3.63) is 11.4 Å². The van der Waals surface area contributed by atoms with Crippen molar-refractivity contribution in [1.82, 2.24) is 9.97 Å². The number of hydrazine groups is 1. The Morgan fingerprint density at radius 3 is 2.67 bits per heavy atom. The van der Waals surface area contributed by atoms with E-state index in [0.29, 0.717) is 5.92 Å². The van der Waals surface area contributed by atoms with E-state index < -0.39 is 0 Å². The Balaban J connectivity index is 1.64. The van der Waals surface area contributed by atoms with Gasteiger partial charge in [0, 0.05) is 31.7 Å². The molecule has 3 rings (SSSR count). The Morgan fingerprint density at radius 1 is 1.29 bits per heavy atom. The summed E-state index contributed by atoms with van der Waals surface area (Å²) >= 11 is 0. The number of nitrogen functional groups attached to an aromatic ring is 1. The second-order valence-corrected chi connectivity index (χ2v) is 6.24. The average molecular weight is 291 g/mol. The summed E-state index contributed by atoms with van der Waals surface area (Å²) in [5.41, 5.74) is 3.69. The highest BCUT2D eigenvalue weighted by Gasteiger charge is 2.28. The van der Waals surface area contributed by atoms with Crippen molar-refractivity contribution in [2.24, 2.45) is 11.8 Å². The zero-order chi connectivity index (χ0) is 14.8. The summed E-state index contributed by atoms with van der Waals surface area (Å²) in [6, 6.07) is 0. The van der Waals surface area contributed by atoms with Crippen molar-refractivity contribution in [2.45, 2.75) is 38.5 Å². The summed E-state index contributed by atoms with van der Waals surface area (Å²) < 4.78 is 5.71. The molecule has 2 aliphatic rings. The maximum atomic E-state index is 5.71. The minimum atomic E-state index is 0.510. The largest absolute Gasteiger partial charge is 0.379 e. The minimum Gasteiger partial charge on any atom is -0.379 e. The lowest BCUT2D eigenvalue weighted by molar-refractivity contribution is 0.130. The van der Waals surface area contributed by atoms with Gasteiger partial charge in [-0.05, 0) is 38.5 Å². The molecule has 0 aromatic carbocycles. The van der Waals surface area contributed by atoms with Crippen LogP contribution in [0, 0.1) is 12.8 Å². The second-order valence-electron chi connectivity index (χ2n) is 6.24. The molecule has 1 heterocycles. The van der Waals surface area contributed by atoms with Crippen LogP contribution in [0.1, 0.15) is 43.0 Å². The third-order valence-corrected chi connectivity index (χ3v) is 4.20. The van der Waals surface area contributed by atoms with E-state index in [1.54, 1.807) is 0 Å². The minimum absolute atomic E-state index is 0.510. The summed E-state index contributed by atoms with van der Waals surface area (Å²) in [6.45, 7) is 4.47. The van der Waals surface area contributed by atoms with E-state index in [1.807, 2.05) is 14.0 Å². The third kappa shape index (κ3) is 3.63. The summed E-state index contributed by atoms with van der Waals surface area (Å²) in [5, 5.41) is 0. The van der Waals surface area contributed by atoms with Gasteiger partial charge in [-0.3, -0.25) is 0 Å². The molecule has 2 saturated carbocycles. The zero-order valence-corrected chi connectivity index (χ0v) is 12.9. The van der Waals surface area contributed by atoms with Crippen molar-refractivity contribution in [1.29, 1.82) is 0 Å². The summed E-state index contributed by atoms with van der Waals surface area (Å²) in [4.78, 5) is 11.4. The molecule has 3 N–H and O–H groups in total. The highest BCUT2D eigenvalue weighted by Crippen LogP contribution is 2.39. The molecule has 2 aliphatic carbocycles. The van der Waals surface area contributed by atoms with Gasteiger partial charge in [0.25, 0.3) is 0 Å². The number of nitrogens with one attached hydrogen (secondary N) is 1. The van der Waals surface area contributed by atoms with Gasteiger partial charge in [0.15, 0.2) is 0 Å². The van der Waals surface area contributed by atoms with Gasteiger partial charge in [-0.15, -0.1) is 0 Å². The van der Waals surface area contributed by atoms with Crippen LogP contribution >= 0.6 is 0 Å². The van der Waals surface area contributed by atoms with Gasteiger partial charge in [-0.2, -0.15) is 0 Å². The number of anilines is 2. The number of hydrogen-bond acceptors (Lipinski definition) is 6. The van der Waals surface area contributed by atoms with Crippen LogP contribution in [0.3, 0.4) is 0 Å².